The van der Waals surface area contributed by atoms with E-state index >= 15 is 0 Å². The molecule has 0 atom stereocenters. The van der Waals surface area contributed by atoms with Gasteiger partial charge < -0.3 is 9.73 Å². The van der Waals surface area contributed by atoms with Crippen LogP contribution in [-0.2, 0) is 13.1 Å². The van der Waals surface area contributed by atoms with Gasteiger partial charge >= 0.3 is 0 Å². The zero-order chi connectivity index (χ0) is 12.3. The molecule has 0 bridgehead atoms. The summed E-state index contributed by atoms with van der Waals surface area (Å²) < 4.78 is 6.92. The number of halogens is 1. The molecule has 2 rings (SSSR count). The highest BCUT2D eigenvalue weighted by molar-refractivity contribution is 6.31. The zero-order valence-corrected chi connectivity index (χ0v) is 10.8. The fourth-order valence-corrected chi connectivity index (χ4v) is 1.84. The van der Waals surface area contributed by atoms with Crippen molar-refractivity contribution < 1.29 is 4.42 Å². The van der Waals surface area contributed by atoms with Gasteiger partial charge in [-0.15, -0.1) is 0 Å². The summed E-state index contributed by atoms with van der Waals surface area (Å²) in [6, 6.07) is 1.95. The minimum absolute atomic E-state index is 0.764. The molecule has 0 spiro atoms. The van der Waals surface area contributed by atoms with Crippen LogP contribution in [0.3, 0.4) is 0 Å². The fourth-order valence-electron chi connectivity index (χ4n) is 1.70. The molecule has 1 N–H and O–H groups in total. The van der Waals surface area contributed by atoms with Crippen molar-refractivity contribution in [2.24, 2.45) is 0 Å². The van der Waals surface area contributed by atoms with E-state index in [4.69, 9.17) is 16.0 Å². The van der Waals surface area contributed by atoms with Crippen LogP contribution in [0.2, 0.25) is 5.02 Å². The number of aryl methyl sites for hydroxylation is 1. The predicted octanol–water partition coefficient (Wildman–Crippen LogP) is 2.54. The molecule has 5 heteroatoms. The molecule has 4 nitrogen and oxygen atoms in total. The Morgan fingerprint density at radius 1 is 1.47 bits per heavy atom. The van der Waals surface area contributed by atoms with Crippen molar-refractivity contribution in [3.05, 3.63) is 40.6 Å². The number of hydrogen-bond acceptors (Lipinski definition) is 3. The lowest BCUT2D eigenvalue weighted by Crippen LogP contribution is -2.20. The third-order valence-corrected chi connectivity index (χ3v) is 3.25. The molecular formula is C12H16ClN3O. The second-order valence-electron chi connectivity index (χ2n) is 4.02. The van der Waals surface area contributed by atoms with Gasteiger partial charge in [-0.3, -0.25) is 4.68 Å². The monoisotopic (exact) mass is 253 g/mol. The van der Waals surface area contributed by atoms with E-state index in [2.05, 4.69) is 10.4 Å². The Bertz CT molecular complexity index is 476. The second kappa shape index (κ2) is 5.38. The van der Waals surface area contributed by atoms with Crippen molar-refractivity contribution in [1.29, 1.82) is 0 Å². The van der Waals surface area contributed by atoms with E-state index in [0.29, 0.717) is 0 Å². The van der Waals surface area contributed by atoms with Gasteiger partial charge in [-0.05, 0) is 19.9 Å². The third kappa shape index (κ3) is 2.90. The number of nitrogens with one attached hydrogen (secondary N) is 1. The van der Waals surface area contributed by atoms with E-state index in [-0.39, 0.29) is 0 Å². The van der Waals surface area contributed by atoms with Gasteiger partial charge in [0.25, 0.3) is 0 Å². The summed E-state index contributed by atoms with van der Waals surface area (Å²) in [4.78, 5) is 0. The summed E-state index contributed by atoms with van der Waals surface area (Å²) in [5.74, 6) is 0. The molecule has 0 saturated heterocycles. The molecule has 0 aliphatic rings. The predicted molar refractivity (Wildman–Crippen MR) is 67.1 cm³/mol. The number of aromatic nitrogens is 2. The van der Waals surface area contributed by atoms with Crippen molar-refractivity contribution in [1.82, 2.24) is 15.1 Å². The molecular weight excluding hydrogens is 238 g/mol. The zero-order valence-electron chi connectivity index (χ0n) is 10.0. The highest BCUT2D eigenvalue weighted by Gasteiger charge is 2.07. The minimum atomic E-state index is 0.764. The molecule has 0 aliphatic carbocycles. The molecule has 0 aliphatic heterocycles. The first-order valence-corrected chi connectivity index (χ1v) is 5.97. The first kappa shape index (κ1) is 12.2. The van der Waals surface area contributed by atoms with E-state index in [1.165, 1.54) is 0 Å². The highest BCUT2D eigenvalue weighted by atomic mass is 35.5. The molecule has 0 fully saturated rings. The quantitative estimate of drug-likeness (QED) is 0.833. The number of nitrogens with zero attached hydrogens (tertiary/aromatic N) is 2. The van der Waals surface area contributed by atoms with Crippen molar-refractivity contribution in [3.63, 3.8) is 0 Å². The summed E-state index contributed by atoms with van der Waals surface area (Å²) in [6.45, 7) is 6.38. The molecule has 17 heavy (non-hydrogen) atoms. The van der Waals surface area contributed by atoms with Crippen molar-refractivity contribution >= 4 is 11.6 Å². The van der Waals surface area contributed by atoms with Crippen LogP contribution in [0.5, 0.6) is 0 Å². The van der Waals surface area contributed by atoms with Crippen LogP contribution < -0.4 is 5.32 Å². The van der Waals surface area contributed by atoms with E-state index < -0.39 is 0 Å². The maximum absolute atomic E-state index is 6.08. The van der Waals surface area contributed by atoms with Gasteiger partial charge in [0.2, 0.25) is 0 Å². The van der Waals surface area contributed by atoms with Crippen molar-refractivity contribution in [2.45, 2.75) is 26.9 Å². The van der Waals surface area contributed by atoms with Gasteiger partial charge in [-0.1, -0.05) is 11.6 Å². The molecule has 0 aromatic carbocycles. The second-order valence-corrected chi connectivity index (χ2v) is 4.39. The lowest BCUT2D eigenvalue weighted by atomic mass is 10.3. The van der Waals surface area contributed by atoms with Crippen LogP contribution in [0.15, 0.2) is 23.0 Å². The summed E-state index contributed by atoms with van der Waals surface area (Å²) in [7, 11) is 0. The highest BCUT2D eigenvalue weighted by Crippen LogP contribution is 2.18. The van der Waals surface area contributed by atoms with E-state index in [9.17, 15) is 0 Å². The van der Waals surface area contributed by atoms with Gasteiger partial charge in [-0.2, -0.15) is 5.10 Å². The molecule has 0 radical (unpaired) electrons. The van der Waals surface area contributed by atoms with Crippen LogP contribution in [0.1, 0.15) is 17.0 Å². The Hall–Kier alpha value is -1.26. The van der Waals surface area contributed by atoms with Crippen LogP contribution in [0.25, 0.3) is 0 Å². The summed E-state index contributed by atoms with van der Waals surface area (Å²) in [6.07, 6.45) is 3.42. The standard InChI is InChI=1S/C12H16ClN3O/c1-9-12(13)10(2)16(15-9)5-4-14-7-11-3-6-17-8-11/h3,6,8,14H,4-5,7H2,1-2H3. The average molecular weight is 254 g/mol. The normalized spacial score (nSPS) is 11.0. The maximum atomic E-state index is 6.08. The van der Waals surface area contributed by atoms with Gasteiger partial charge in [0.15, 0.2) is 0 Å². The van der Waals surface area contributed by atoms with Gasteiger partial charge in [0, 0.05) is 18.7 Å². The Kier molecular flexibility index (Phi) is 3.86. The largest absolute Gasteiger partial charge is 0.472 e. The van der Waals surface area contributed by atoms with Crippen LogP contribution in [-0.4, -0.2) is 16.3 Å². The van der Waals surface area contributed by atoms with E-state index in [1.807, 2.05) is 24.6 Å². The van der Waals surface area contributed by atoms with E-state index in [1.54, 1.807) is 12.5 Å². The van der Waals surface area contributed by atoms with Gasteiger partial charge in [0.1, 0.15) is 0 Å². The number of furan rings is 1. The number of rotatable bonds is 5. The molecule has 2 aromatic heterocycles. The van der Waals surface area contributed by atoms with Crippen molar-refractivity contribution in [3.8, 4) is 0 Å². The summed E-state index contributed by atoms with van der Waals surface area (Å²) in [5, 5.41) is 8.46. The van der Waals surface area contributed by atoms with Gasteiger partial charge in [0.05, 0.1) is 35.5 Å². The summed E-state index contributed by atoms with van der Waals surface area (Å²) >= 11 is 6.08. The van der Waals surface area contributed by atoms with E-state index in [0.717, 1.165) is 41.6 Å². The Balaban J connectivity index is 1.80. The van der Waals surface area contributed by atoms with Crippen LogP contribution in [0.4, 0.5) is 0 Å². The number of hydrogen-bond donors (Lipinski definition) is 1. The maximum Gasteiger partial charge on any atom is 0.0947 e. The first-order chi connectivity index (χ1) is 8.18. The van der Waals surface area contributed by atoms with Crippen LogP contribution in [0, 0.1) is 13.8 Å². The fraction of sp³-hybridized carbons (Fsp3) is 0.417. The van der Waals surface area contributed by atoms with Crippen molar-refractivity contribution in [2.75, 3.05) is 6.54 Å². The molecule has 2 heterocycles. The smallest absolute Gasteiger partial charge is 0.0947 e. The van der Waals surface area contributed by atoms with Gasteiger partial charge in [-0.25, -0.2) is 0 Å². The minimum Gasteiger partial charge on any atom is -0.472 e. The lowest BCUT2D eigenvalue weighted by molar-refractivity contribution is 0.535. The molecule has 2 aromatic rings. The summed E-state index contributed by atoms with van der Waals surface area (Å²) in [5.41, 5.74) is 3.06. The molecule has 0 amide bonds. The average Bonchev–Trinajstić information content (AvgIpc) is 2.90. The molecule has 92 valence electrons. The first-order valence-electron chi connectivity index (χ1n) is 5.60. The van der Waals surface area contributed by atoms with Crippen LogP contribution >= 0.6 is 11.6 Å². The molecule has 0 unspecified atom stereocenters. The third-order valence-electron chi connectivity index (χ3n) is 2.70. The lowest BCUT2D eigenvalue weighted by Gasteiger charge is -2.05. The molecule has 0 saturated carbocycles. The Morgan fingerprint density at radius 3 is 2.88 bits per heavy atom. The topological polar surface area (TPSA) is 43.0 Å². The SMILES string of the molecule is Cc1nn(CCNCc2ccoc2)c(C)c1Cl. The Morgan fingerprint density at radius 2 is 2.29 bits per heavy atom. The Labute approximate surface area is 106 Å².